The summed E-state index contributed by atoms with van der Waals surface area (Å²) in [6.45, 7) is 9.66. The van der Waals surface area contributed by atoms with E-state index in [-0.39, 0.29) is 10.8 Å². The summed E-state index contributed by atoms with van der Waals surface area (Å²) in [7, 11) is 0. The fourth-order valence-electron chi connectivity index (χ4n) is 10.1. The van der Waals surface area contributed by atoms with Crippen molar-refractivity contribution in [2.24, 2.45) is 0 Å². The van der Waals surface area contributed by atoms with Crippen LogP contribution in [0.2, 0.25) is 0 Å². The molecule has 0 atom stereocenters. The van der Waals surface area contributed by atoms with Crippen molar-refractivity contribution in [3.63, 3.8) is 0 Å². The molecule has 3 heterocycles. The number of rotatable bonds is 5. The molecule has 3 aromatic heterocycles. The van der Waals surface area contributed by atoms with E-state index in [0.717, 1.165) is 62.6 Å². The summed E-state index contributed by atoms with van der Waals surface area (Å²) in [6.07, 6.45) is 2.32. The van der Waals surface area contributed by atoms with E-state index in [1.54, 1.807) is 0 Å². The molecule has 12 rings (SSSR count). The van der Waals surface area contributed by atoms with Crippen LogP contribution in [0.1, 0.15) is 51.7 Å². The van der Waals surface area contributed by atoms with Crippen molar-refractivity contribution in [1.82, 2.24) is 24.1 Å². The number of aromatic nitrogens is 5. The molecule has 8 aromatic carbocycles. The van der Waals surface area contributed by atoms with E-state index >= 15 is 0 Å². The Morgan fingerprint density at radius 1 is 0.371 bits per heavy atom. The lowest BCUT2D eigenvalue weighted by atomic mass is 9.63. The Bertz CT molecular complexity index is 3570. The maximum Gasteiger partial charge on any atom is 0.238 e. The highest BCUT2D eigenvalue weighted by Gasteiger charge is 2.38. The van der Waals surface area contributed by atoms with Crippen molar-refractivity contribution in [2.75, 3.05) is 0 Å². The number of hydrogen-bond acceptors (Lipinski definition) is 3. The summed E-state index contributed by atoms with van der Waals surface area (Å²) in [5.41, 5.74) is 12.9. The predicted octanol–water partition coefficient (Wildman–Crippen LogP) is 14.6. The highest BCUT2D eigenvalue weighted by Crippen LogP contribution is 2.49. The Morgan fingerprint density at radius 3 is 1.69 bits per heavy atom. The molecule has 0 amide bonds. The molecular formula is C57H45N5. The molecule has 5 heteroatoms. The molecule has 11 aromatic rings. The van der Waals surface area contributed by atoms with E-state index in [0.29, 0.717) is 17.6 Å². The van der Waals surface area contributed by atoms with Crippen LogP contribution in [-0.2, 0) is 10.8 Å². The summed E-state index contributed by atoms with van der Waals surface area (Å²) in [5.74, 6) is 1.84. The van der Waals surface area contributed by atoms with Gasteiger partial charge < -0.3 is 4.57 Å². The largest absolute Gasteiger partial charge is 0.309 e. The Labute approximate surface area is 361 Å². The molecule has 0 bridgehead atoms. The van der Waals surface area contributed by atoms with Gasteiger partial charge in [0.15, 0.2) is 11.6 Å². The van der Waals surface area contributed by atoms with Crippen LogP contribution in [0.3, 0.4) is 0 Å². The fourth-order valence-corrected chi connectivity index (χ4v) is 10.1. The van der Waals surface area contributed by atoms with Gasteiger partial charge in [-0.2, -0.15) is 9.97 Å². The van der Waals surface area contributed by atoms with E-state index in [1.165, 1.54) is 43.7 Å². The van der Waals surface area contributed by atoms with Gasteiger partial charge in [-0.3, -0.25) is 4.57 Å². The predicted molar refractivity (Wildman–Crippen MR) is 258 cm³/mol. The van der Waals surface area contributed by atoms with Crippen molar-refractivity contribution in [3.8, 4) is 45.5 Å². The molecule has 0 spiro atoms. The summed E-state index contributed by atoms with van der Waals surface area (Å²) in [5, 5.41) is 7.21. The minimum Gasteiger partial charge on any atom is -0.309 e. The number of hydrogen-bond donors (Lipinski definition) is 0. The number of para-hydroxylation sites is 2. The minimum atomic E-state index is 0.0694. The average Bonchev–Trinajstić information content (AvgIpc) is 3.81. The lowest BCUT2D eigenvalue weighted by Gasteiger charge is -2.42. The molecule has 0 saturated heterocycles. The second-order valence-electron chi connectivity index (χ2n) is 18.4. The molecule has 298 valence electrons. The molecule has 1 aliphatic carbocycles. The van der Waals surface area contributed by atoms with Gasteiger partial charge in [-0.15, -0.1) is 0 Å². The first-order valence-corrected chi connectivity index (χ1v) is 21.7. The molecule has 0 radical (unpaired) electrons. The molecule has 0 saturated carbocycles. The van der Waals surface area contributed by atoms with Gasteiger partial charge in [0.25, 0.3) is 0 Å². The second kappa shape index (κ2) is 13.6. The zero-order chi connectivity index (χ0) is 41.7. The van der Waals surface area contributed by atoms with Gasteiger partial charge in [0, 0.05) is 38.4 Å². The van der Waals surface area contributed by atoms with E-state index in [4.69, 9.17) is 15.0 Å². The van der Waals surface area contributed by atoms with Crippen molar-refractivity contribution >= 4 is 54.4 Å². The number of nitrogens with zero attached hydrogens (tertiary/aromatic N) is 5. The molecule has 1 aliphatic rings. The first-order chi connectivity index (χ1) is 30.2. The normalized spacial score (nSPS) is 14.6. The van der Waals surface area contributed by atoms with Gasteiger partial charge >= 0.3 is 0 Å². The van der Waals surface area contributed by atoms with Crippen LogP contribution in [0.4, 0.5) is 0 Å². The van der Waals surface area contributed by atoms with Gasteiger partial charge in [0.05, 0.1) is 22.1 Å². The van der Waals surface area contributed by atoms with Crippen molar-refractivity contribution in [3.05, 3.63) is 187 Å². The minimum absolute atomic E-state index is 0.0694. The van der Waals surface area contributed by atoms with Crippen LogP contribution in [0, 0.1) is 0 Å². The molecule has 0 unspecified atom stereocenters. The quantitative estimate of drug-likeness (QED) is 0.174. The third-order valence-corrected chi connectivity index (χ3v) is 13.6. The Morgan fingerprint density at radius 2 is 0.919 bits per heavy atom. The third-order valence-electron chi connectivity index (χ3n) is 13.6. The molecule has 0 N–H and O–H groups in total. The van der Waals surface area contributed by atoms with Crippen LogP contribution in [0.5, 0.6) is 0 Å². The fraction of sp³-hybridized carbons (Fsp3) is 0.140. The Hall–Kier alpha value is -7.37. The summed E-state index contributed by atoms with van der Waals surface area (Å²) in [6, 6.07) is 63.3. The van der Waals surface area contributed by atoms with E-state index in [2.05, 4.69) is 195 Å². The van der Waals surface area contributed by atoms with Crippen molar-refractivity contribution < 1.29 is 0 Å². The Kier molecular flexibility index (Phi) is 7.98. The van der Waals surface area contributed by atoms with E-state index < -0.39 is 0 Å². The SMILES string of the molecule is CC1(C)CCC(C)(C)c2cc3c(cc21)c1cc2c(cc1n3-c1ccccc1)c1ccccc1n2-c1nc(-c2ccccc2)nc(-c2cccc(-c3ccc4ccccc4c3)c2)n1. The van der Waals surface area contributed by atoms with Gasteiger partial charge in [0.2, 0.25) is 5.95 Å². The van der Waals surface area contributed by atoms with E-state index in [1.807, 2.05) is 18.2 Å². The number of benzene rings is 8. The van der Waals surface area contributed by atoms with Gasteiger partial charge in [-0.1, -0.05) is 149 Å². The second-order valence-corrected chi connectivity index (χ2v) is 18.4. The maximum absolute atomic E-state index is 5.38. The van der Waals surface area contributed by atoms with Crippen LogP contribution < -0.4 is 0 Å². The Balaban J connectivity index is 1.13. The average molecular weight is 800 g/mol. The monoisotopic (exact) mass is 799 g/mol. The van der Waals surface area contributed by atoms with E-state index in [9.17, 15) is 0 Å². The number of fused-ring (bicyclic) bond motifs is 8. The van der Waals surface area contributed by atoms with Crippen LogP contribution in [-0.4, -0.2) is 24.1 Å². The molecule has 0 aliphatic heterocycles. The zero-order valence-electron chi connectivity index (χ0n) is 35.4. The van der Waals surface area contributed by atoms with Crippen LogP contribution in [0.25, 0.3) is 99.9 Å². The lowest BCUT2D eigenvalue weighted by molar-refractivity contribution is 0.332. The topological polar surface area (TPSA) is 48.5 Å². The summed E-state index contributed by atoms with van der Waals surface area (Å²) in [4.78, 5) is 15.9. The van der Waals surface area contributed by atoms with Gasteiger partial charge in [0.1, 0.15) is 0 Å². The van der Waals surface area contributed by atoms with Crippen LogP contribution >= 0.6 is 0 Å². The molecular weight excluding hydrogens is 755 g/mol. The first kappa shape index (κ1) is 36.5. The van der Waals surface area contributed by atoms with Gasteiger partial charge in [-0.25, -0.2) is 4.98 Å². The standard InChI is InChI=1S/C57H45N5/c1-56(2)28-29-57(3,4)48-35-52-44(32-47(48)56)46-34-51-45(33-50(46)61(52)42-22-9-6-10-23-42)43-24-13-14-25-49(43)62(51)55-59-53(37-17-7-5-8-18-37)58-54(60-55)41-21-15-20-39(31-41)40-27-26-36-16-11-12-19-38(36)30-40/h5-27,30-35H,28-29H2,1-4H3. The maximum atomic E-state index is 5.38. The zero-order valence-corrected chi connectivity index (χ0v) is 35.4. The lowest BCUT2D eigenvalue weighted by Crippen LogP contribution is -2.33. The highest BCUT2D eigenvalue weighted by atomic mass is 15.2. The van der Waals surface area contributed by atoms with Crippen molar-refractivity contribution in [1.29, 1.82) is 0 Å². The first-order valence-electron chi connectivity index (χ1n) is 21.7. The van der Waals surface area contributed by atoms with Gasteiger partial charge in [-0.05, 0) is 111 Å². The third kappa shape index (κ3) is 5.72. The summed E-state index contributed by atoms with van der Waals surface area (Å²) < 4.78 is 4.73. The molecule has 62 heavy (non-hydrogen) atoms. The molecule has 5 nitrogen and oxygen atoms in total. The van der Waals surface area contributed by atoms with Crippen LogP contribution in [0.15, 0.2) is 176 Å². The molecule has 0 fully saturated rings. The highest BCUT2D eigenvalue weighted by molar-refractivity contribution is 6.19. The van der Waals surface area contributed by atoms with Crippen molar-refractivity contribution in [2.45, 2.75) is 51.4 Å². The smallest absolute Gasteiger partial charge is 0.238 e. The summed E-state index contributed by atoms with van der Waals surface area (Å²) >= 11 is 0.